The highest BCUT2D eigenvalue weighted by Crippen LogP contribution is 2.21. The van der Waals surface area contributed by atoms with E-state index >= 15 is 0 Å². The zero-order valence-corrected chi connectivity index (χ0v) is 22.3. The van der Waals surface area contributed by atoms with Gasteiger partial charge in [-0.05, 0) is 60.6 Å². The summed E-state index contributed by atoms with van der Waals surface area (Å²) in [6, 6.07) is 13.8. The van der Waals surface area contributed by atoms with Crippen molar-refractivity contribution < 1.29 is 27.4 Å². The van der Waals surface area contributed by atoms with Crippen LogP contribution in [0.15, 0.2) is 59.5 Å². The zero-order chi connectivity index (χ0) is 27.0. The molecule has 0 saturated carbocycles. The molecular formula is C24H27N5O6S2. The molecule has 37 heavy (non-hydrogen) atoms. The molecule has 0 unspecified atom stereocenters. The Kier molecular flexibility index (Phi) is 9.20. The second kappa shape index (κ2) is 12.3. The highest BCUT2D eigenvalue weighted by molar-refractivity contribution is 7.92. The van der Waals surface area contributed by atoms with E-state index in [4.69, 9.17) is 26.4 Å². The number of carbonyl (C=O) groups is 1. The van der Waals surface area contributed by atoms with Gasteiger partial charge in [0.25, 0.3) is 15.9 Å². The number of benzene rings is 2. The molecule has 1 aromatic heterocycles. The van der Waals surface area contributed by atoms with Crippen molar-refractivity contribution in [1.82, 2.24) is 15.3 Å². The molecule has 196 valence electrons. The fraction of sp³-hybridized carbons (Fsp3) is 0.250. The van der Waals surface area contributed by atoms with E-state index < -0.39 is 15.9 Å². The Morgan fingerprint density at radius 3 is 2.41 bits per heavy atom. The minimum atomic E-state index is -3.97. The third-order valence-electron chi connectivity index (χ3n) is 4.64. The van der Waals surface area contributed by atoms with E-state index in [0.29, 0.717) is 29.5 Å². The maximum atomic E-state index is 12.8. The highest BCUT2D eigenvalue weighted by atomic mass is 32.2. The molecule has 2 aromatic carbocycles. The molecule has 13 heteroatoms. The lowest BCUT2D eigenvalue weighted by Crippen LogP contribution is -2.34. The van der Waals surface area contributed by atoms with Gasteiger partial charge in [-0.15, -0.1) is 0 Å². The molecule has 3 aromatic rings. The number of sulfonamides is 1. The minimum absolute atomic E-state index is 0.0199. The van der Waals surface area contributed by atoms with E-state index in [1.54, 1.807) is 24.3 Å². The molecule has 0 bridgehead atoms. The van der Waals surface area contributed by atoms with E-state index in [9.17, 15) is 13.2 Å². The van der Waals surface area contributed by atoms with Gasteiger partial charge in [-0.2, -0.15) is 9.97 Å². The maximum Gasteiger partial charge on any atom is 0.321 e. The van der Waals surface area contributed by atoms with Crippen molar-refractivity contribution in [2.75, 3.05) is 30.9 Å². The van der Waals surface area contributed by atoms with Crippen LogP contribution in [0, 0.1) is 5.92 Å². The lowest BCUT2D eigenvalue weighted by molar-refractivity contribution is 0.0977. The van der Waals surface area contributed by atoms with Crippen LogP contribution in [0.4, 0.5) is 11.5 Å². The summed E-state index contributed by atoms with van der Waals surface area (Å²) in [6.45, 7) is 4.60. The highest BCUT2D eigenvalue weighted by Gasteiger charge is 2.17. The standard InChI is InChI=1S/C24H27N5O6S2/c1-15(2)14-35-18-7-5-6-16(12-18)22(30)28-24(36)25-17-8-10-19(11-9-17)37(31,32)29-20-13-21(33-3)27-23(26-20)34-4/h5-13,15H,14H2,1-4H3,(H,26,27,29)(H2,25,28,30,36). The third kappa shape index (κ3) is 8.02. The number of methoxy groups -OCH3 is 2. The van der Waals surface area contributed by atoms with Gasteiger partial charge in [-0.1, -0.05) is 19.9 Å². The Morgan fingerprint density at radius 2 is 1.76 bits per heavy atom. The summed E-state index contributed by atoms with van der Waals surface area (Å²) in [4.78, 5) is 20.4. The Hall–Kier alpha value is -3.97. The zero-order valence-electron chi connectivity index (χ0n) is 20.6. The first-order valence-electron chi connectivity index (χ1n) is 11.0. The molecule has 3 rings (SSSR count). The van der Waals surface area contributed by atoms with Gasteiger partial charge in [-0.25, -0.2) is 8.42 Å². The number of amides is 1. The predicted octanol–water partition coefficient (Wildman–Crippen LogP) is 3.46. The second-order valence-electron chi connectivity index (χ2n) is 8.05. The van der Waals surface area contributed by atoms with Gasteiger partial charge in [0.1, 0.15) is 5.75 Å². The number of rotatable bonds is 10. The van der Waals surface area contributed by atoms with Gasteiger partial charge in [-0.3, -0.25) is 14.8 Å². The Balaban J connectivity index is 1.62. The van der Waals surface area contributed by atoms with Gasteiger partial charge in [0.15, 0.2) is 10.9 Å². The summed E-state index contributed by atoms with van der Waals surface area (Å²) in [7, 11) is -1.23. The van der Waals surface area contributed by atoms with Crippen molar-refractivity contribution >= 4 is 44.8 Å². The van der Waals surface area contributed by atoms with E-state index in [2.05, 4.69) is 25.3 Å². The molecule has 11 nitrogen and oxygen atoms in total. The molecule has 0 aliphatic heterocycles. The number of hydrogen-bond donors (Lipinski definition) is 3. The number of carbonyl (C=O) groups excluding carboxylic acids is 1. The molecule has 0 spiro atoms. The van der Waals surface area contributed by atoms with E-state index in [1.165, 1.54) is 44.6 Å². The molecule has 0 radical (unpaired) electrons. The number of hydrogen-bond acceptors (Lipinski definition) is 9. The summed E-state index contributed by atoms with van der Waals surface area (Å²) in [5, 5.41) is 5.50. The van der Waals surface area contributed by atoms with Gasteiger partial charge < -0.3 is 19.5 Å². The topological polar surface area (TPSA) is 141 Å². The van der Waals surface area contributed by atoms with Gasteiger partial charge >= 0.3 is 6.01 Å². The smallest absolute Gasteiger partial charge is 0.321 e. The SMILES string of the molecule is COc1cc(NS(=O)(=O)c2ccc(NC(=S)NC(=O)c3cccc(OCC(C)C)c3)cc2)nc(OC)n1. The first kappa shape index (κ1) is 27.6. The fourth-order valence-corrected chi connectivity index (χ4v) is 4.10. The molecule has 0 atom stereocenters. The van der Waals surface area contributed by atoms with Crippen LogP contribution in [0.5, 0.6) is 17.6 Å². The number of nitrogens with one attached hydrogen (secondary N) is 3. The van der Waals surface area contributed by atoms with Crippen LogP contribution < -0.4 is 29.6 Å². The Morgan fingerprint density at radius 1 is 1.03 bits per heavy atom. The van der Waals surface area contributed by atoms with E-state index in [-0.39, 0.29) is 27.7 Å². The largest absolute Gasteiger partial charge is 0.493 e. The van der Waals surface area contributed by atoms with Gasteiger partial charge in [0.05, 0.1) is 25.7 Å². The first-order valence-corrected chi connectivity index (χ1v) is 12.9. The third-order valence-corrected chi connectivity index (χ3v) is 6.22. The van der Waals surface area contributed by atoms with Crippen molar-refractivity contribution in [1.29, 1.82) is 0 Å². The minimum Gasteiger partial charge on any atom is -0.493 e. The van der Waals surface area contributed by atoms with Crippen LogP contribution in [0.3, 0.4) is 0 Å². The summed E-state index contributed by atoms with van der Waals surface area (Å²) in [5.74, 6) is 0.643. The molecule has 1 heterocycles. The van der Waals surface area contributed by atoms with Crippen LogP contribution in [0.1, 0.15) is 24.2 Å². The Labute approximate surface area is 220 Å². The van der Waals surface area contributed by atoms with Crippen LogP contribution in [0.25, 0.3) is 0 Å². The summed E-state index contributed by atoms with van der Waals surface area (Å²) < 4.78 is 43.6. The molecular weight excluding hydrogens is 518 g/mol. The molecule has 0 saturated heterocycles. The lowest BCUT2D eigenvalue weighted by Gasteiger charge is -2.12. The quantitative estimate of drug-likeness (QED) is 0.324. The monoisotopic (exact) mass is 545 g/mol. The van der Waals surface area contributed by atoms with Crippen molar-refractivity contribution in [3.8, 4) is 17.6 Å². The van der Waals surface area contributed by atoms with Crippen molar-refractivity contribution in [3.05, 3.63) is 60.2 Å². The normalized spacial score (nSPS) is 10.9. The molecule has 0 aliphatic rings. The molecule has 1 amide bonds. The van der Waals surface area contributed by atoms with Crippen molar-refractivity contribution in [2.24, 2.45) is 5.92 Å². The van der Waals surface area contributed by atoms with Gasteiger partial charge in [0.2, 0.25) is 5.88 Å². The summed E-state index contributed by atoms with van der Waals surface area (Å²) >= 11 is 5.23. The number of nitrogens with zero attached hydrogens (tertiary/aromatic N) is 2. The number of ether oxygens (including phenoxy) is 3. The average Bonchev–Trinajstić information content (AvgIpc) is 2.87. The second-order valence-corrected chi connectivity index (χ2v) is 10.1. The van der Waals surface area contributed by atoms with E-state index in [1.807, 2.05) is 13.8 Å². The van der Waals surface area contributed by atoms with Gasteiger partial charge in [0, 0.05) is 17.3 Å². The summed E-state index contributed by atoms with van der Waals surface area (Å²) in [5.41, 5.74) is 0.861. The van der Waals surface area contributed by atoms with Crippen molar-refractivity contribution in [3.63, 3.8) is 0 Å². The van der Waals surface area contributed by atoms with Crippen molar-refractivity contribution in [2.45, 2.75) is 18.7 Å². The molecule has 0 fully saturated rings. The van der Waals surface area contributed by atoms with E-state index in [0.717, 1.165) is 0 Å². The lowest BCUT2D eigenvalue weighted by atomic mass is 10.2. The average molecular weight is 546 g/mol. The van der Waals surface area contributed by atoms with Crippen LogP contribution in [0.2, 0.25) is 0 Å². The molecule has 3 N–H and O–H groups in total. The number of thiocarbonyl (C=S) groups is 1. The number of aromatic nitrogens is 2. The maximum absolute atomic E-state index is 12.8. The fourth-order valence-electron chi connectivity index (χ4n) is 2.89. The predicted molar refractivity (Wildman–Crippen MR) is 143 cm³/mol. The molecule has 0 aliphatic carbocycles. The van der Waals surface area contributed by atoms with Crippen LogP contribution in [-0.2, 0) is 10.0 Å². The Bertz CT molecular complexity index is 1340. The van der Waals surface area contributed by atoms with Crippen LogP contribution >= 0.6 is 12.2 Å². The summed E-state index contributed by atoms with van der Waals surface area (Å²) in [6.07, 6.45) is 0. The van der Waals surface area contributed by atoms with Crippen LogP contribution in [-0.4, -0.2) is 50.2 Å². The first-order chi connectivity index (χ1) is 17.6. The number of anilines is 2.